The summed E-state index contributed by atoms with van der Waals surface area (Å²) in [6, 6.07) is 0. The standard InChI is InChI=1S/C11H19/c1-9-6-7-10-4-2-3-5-11(10)8-9/h2,9-11H,3-8H2,1H3. The van der Waals surface area contributed by atoms with E-state index >= 15 is 0 Å². The molecule has 2 aliphatic carbocycles. The average molecular weight is 151 g/mol. The molecule has 2 rings (SSSR count). The van der Waals surface area contributed by atoms with Crippen LogP contribution in [0.2, 0.25) is 0 Å². The fourth-order valence-electron chi connectivity index (χ4n) is 2.89. The molecule has 0 heterocycles. The van der Waals surface area contributed by atoms with Gasteiger partial charge in [0.1, 0.15) is 0 Å². The number of hydrogen-bond acceptors (Lipinski definition) is 0. The van der Waals surface area contributed by atoms with Crippen molar-refractivity contribution >= 4 is 0 Å². The molecule has 0 amide bonds. The van der Waals surface area contributed by atoms with Crippen molar-refractivity contribution < 1.29 is 0 Å². The molecule has 0 aromatic rings. The van der Waals surface area contributed by atoms with E-state index < -0.39 is 0 Å². The van der Waals surface area contributed by atoms with Gasteiger partial charge < -0.3 is 0 Å². The molecule has 3 unspecified atom stereocenters. The molecule has 0 aromatic heterocycles. The van der Waals surface area contributed by atoms with Gasteiger partial charge in [-0.1, -0.05) is 13.3 Å². The zero-order valence-electron chi connectivity index (χ0n) is 7.55. The predicted molar refractivity (Wildman–Crippen MR) is 48.1 cm³/mol. The van der Waals surface area contributed by atoms with Crippen LogP contribution >= 0.6 is 0 Å². The van der Waals surface area contributed by atoms with Crippen molar-refractivity contribution in [2.24, 2.45) is 17.8 Å². The predicted octanol–water partition coefficient (Wildman–Crippen LogP) is 3.43. The van der Waals surface area contributed by atoms with Crippen molar-refractivity contribution in [3.63, 3.8) is 0 Å². The minimum atomic E-state index is 1.02. The molecule has 2 aliphatic rings. The van der Waals surface area contributed by atoms with E-state index in [2.05, 4.69) is 13.3 Å². The third kappa shape index (κ3) is 1.60. The summed E-state index contributed by atoms with van der Waals surface area (Å²) in [5, 5.41) is 0. The van der Waals surface area contributed by atoms with Crippen molar-refractivity contribution in [2.45, 2.75) is 45.4 Å². The van der Waals surface area contributed by atoms with Crippen LogP contribution in [0.1, 0.15) is 45.4 Å². The summed E-state index contributed by atoms with van der Waals surface area (Å²) < 4.78 is 0. The highest BCUT2D eigenvalue weighted by Crippen LogP contribution is 2.41. The van der Waals surface area contributed by atoms with E-state index in [0.717, 1.165) is 17.8 Å². The van der Waals surface area contributed by atoms with Gasteiger partial charge in [-0.3, -0.25) is 0 Å². The molecule has 0 spiro atoms. The molecule has 3 atom stereocenters. The van der Waals surface area contributed by atoms with E-state index in [1.807, 2.05) is 0 Å². The highest BCUT2D eigenvalue weighted by molar-refractivity contribution is 4.87. The van der Waals surface area contributed by atoms with Gasteiger partial charge in [0.05, 0.1) is 0 Å². The summed E-state index contributed by atoms with van der Waals surface area (Å²) in [4.78, 5) is 0. The topological polar surface area (TPSA) is 0 Å². The summed E-state index contributed by atoms with van der Waals surface area (Å²) in [5.74, 6) is 3.21. The number of rotatable bonds is 0. The molecule has 63 valence electrons. The third-order valence-corrected chi connectivity index (χ3v) is 3.61. The maximum atomic E-state index is 2.51. The maximum Gasteiger partial charge on any atom is -0.0383 e. The SMILES string of the molecule is CC1CCC2C[CH]CCC2C1. The zero-order chi connectivity index (χ0) is 7.68. The lowest BCUT2D eigenvalue weighted by Gasteiger charge is -2.38. The first-order valence-electron chi connectivity index (χ1n) is 5.18. The van der Waals surface area contributed by atoms with Gasteiger partial charge in [-0.15, -0.1) is 0 Å². The zero-order valence-corrected chi connectivity index (χ0v) is 7.55. The molecule has 2 saturated carbocycles. The van der Waals surface area contributed by atoms with Crippen LogP contribution in [0.15, 0.2) is 0 Å². The first kappa shape index (κ1) is 7.64. The Morgan fingerprint density at radius 3 is 2.91 bits per heavy atom. The highest BCUT2D eigenvalue weighted by Gasteiger charge is 2.30. The van der Waals surface area contributed by atoms with Crippen LogP contribution in [0.3, 0.4) is 0 Å². The third-order valence-electron chi connectivity index (χ3n) is 3.61. The normalized spacial score (nSPS) is 45.0. The smallest absolute Gasteiger partial charge is 0.0383 e. The molecule has 1 radical (unpaired) electrons. The first-order valence-corrected chi connectivity index (χ1v) is 5.18. The summed E-state index contributed by atoms with van der Waals surface area (Å²) >= 11 is 0. The Labute approximate surface area is 70.4 Å². The van der Waals surface area contributed by atoms with Gasteiger partial charge in [-0.2, -0.15) is 0 Å². The lowest BCUT2D eigenvalue weighted by molar-refractivity contribution is 0.157. The Hall–Kier alpha value is 0. The molecule has 2 fully saturated rings. The van der Waals surface area contributed by atoms with Crippen molar-refractivity contribution in [1.82, 2.24) is 0 Å². The first-order chi connectivity index (χ1) is 5.36. The van der Waals surface area contributed by atoms with Crippen LogP contribution in [0.5, 0.6) is 0 Å². The number of fused-ring (bicyclic) bond motifs is 1. The lowest BCUT2D eigenvalue weighted by atomic mass is 9.68. The molecule has 0 N–H and O–H groups in total. The molecule has 0 aliphatic heterocycles. The quantitative estimate of drug-likeness (QED) is 0.497. The summed E-state index contributed by atoms with van der Waals surface area (Å²) in [6.45, 7) is 2.43. The fraction of sp³-hybridized carbons (Fsp3) is 0.909. The fourth-order valence-corrected chi connectivity index (χ4v) is 2.89. The minimum Gasteiger partial charge on any atom is -0.0625 e. The van der Waals surface area contributed by atoms with Crippen LogP contribution in [-0.4, -0.2) is 0 Å². The van der Waals surface area contributed by atoms with Gasteiger partial charge in [0, 0.05) is 0 Å². The molecule has 0 saturated heterocycles. The highest BCUT2D eigenvalue weighted by atomic mass is 14.4. The molecule has 0 bridgehead atoms. The van der Waals surface area contributed by atoms with Crippen molar-refractivity contribution in [3.05, 3.63) is 6.42 Å². The molecule has 0 nitrogen and oxygen atoms in total. The van der Waals surface area contributed by atoms with Gasteiger partial charge in [0.25, 0.3) is 0 Å². The van der Waals surface area contributed by atoms with Crippen molar-refractivity contribution in [2.75, 3.05) is 0 Å². The Bertz CT molecular complexity index is 128. The molecule has 0 heteroatoms. The van der Waals surface area contributed by atoms with E-state index in [4.69, 9.17) is 0 Å². The Morgan fingerprint density at radius 2 is 2.00 bits per heavy atom. The van der Waals surface area contributed by atoms with Gasteiger partial charge in [0.2, 0.25) is 0 Å². The lowest BCUT2D eigenvalue weighted by Crippen LogP contribution is -2.26. The second-order valence-electron chi connectivity index (χ2n) is 4.54. The van der Waals surface area contributed by atoms with Crippen LogP contribution < -0.4 is 0 Å². The van der Waals surface area contributed by atoms with Gasteiger partial charge in [-0.05, 0) is 56.3 Å². The largest absolute Gasteiger partial charge is 0.0625 e. The molecule has 11 heavy (non-hydrogen) atoms. The Kier molecular flexibility index (Phi) is 2.20. The second-order valence-corrected chi connectivity index (χ2v) is 4.54. The van der Waals surface area contributed by atoms with E-state index in [1.165, 1.54) is 38.5 Å². The second kappa shape index (κ2) is 3.16. The monoisotopic (exact) mass is 151 g/mol. The summed E-state index contributed by atoms with van der Waals surface area (Å²) in [7, 11) is 0. The summed E-state index contributed by atoms with van der Waals surface area (Å²) in [6.07, 6.45) is 11.4. The maximum absolute atomic E-state index is 2.51. The molecular weight excluding hydrogens is 132 g/mol. The van der Waals surface area contributed by atoms with Crippen molar-refractivity contribution in [1.29, 1.82) is 0 Å². The van der Waals surface area contributed by atoms with Crippen LogP contribution in [-0.2, 0) is 0 Å². The average Bonchev–Trinajstić information content (AvgIpc) is 2.04. The van der Waals surface area contributed by atoms with Crippen LogP contribution in [0, 0.1) is 24.2 Å². The van der Waals surface area contributed by atoms with Crippen LogP contribution in [0.4, 0.5) is 0 Å². The van der Waals surface area contributed by atoms with E-state index in [0.29, 0.717) is 0 Å². The van der Waals surface area contributed by atoms with Crippen molar-refractivity contribution in [3.8, 4) is 0 Å². The van der Waals surface area contributed by atoms with Crippen LogP contribution in [0.25, 0.3) is 0 Å². The Morgan fingerprint density at radius 1 is 1.09 bits per heavy atom. The molecular formula is C11H19. The summed E-state index contributed by atoms with van der Waals surface area (Å²) in [5.41, 5.74) is 0. The van der Waals surface area contributed by atoms with Gasteiger partial charge in [0.15, 0.2) is 0 Å². The van der Waals surface area contributed by atoms with E-state index in [1.54, 1.807) is 0 Å². The Balaban J connectivity index is 1.93. The van der Waals surface area contributed by atoms with Gasteiger partial charge in [-0.25, -0.2) is 0 Å². The van der Waals surface area contributed by atoms with E-state index in [-0.39, 0.29) is 0 Å². The molecule has 0 aromatic carbocycles. The minimum absolute atomic E-state index is 1.02. The van der Waals surface area contributed by atoms with E-state index in [9.17, 15) is 0 Å². The number of hydrogen-bond donors (Lipinski definition) is 0. The van der Waals surface area contributed by atoms with Gasteiger partial charge >= 0.3 is 0 Å².